The van der Waals surface area contributed by atoms with Crippen molar-refractivity contribution in [2.24, 2.45) is 17.6 Å². The summed E-state index contributed by atoms with van der Waals surface area (Å²) in [6, 6.07) is 7.58. The summed E-state index contributed by atoms with van der Waals surface area (Å²) >= 11 is 0. The quantitative estimate of drug-likeness (QED) is 0.100. The number of aliphatic hydroxyl groups is 1. The summed E-state index contributed by atoms with van der Waals surface area (Å²) in [6.45, 7) is 6.79. The molecule has 9 N–H and O–H groups in total. The molecule has 2 aromatic carbocycles. The van der Waals surface area contributed by atoms with Crippen LogP contribution in [0.5, 0.6) is 0 Å². The molecular formula is C34H45F3N6O10S. The lowest BCUT2D eigenvalue weighted by molar-refractivity contribution is -0.137. The summed E-state index contributed by atoms with van der Waals surface area (Å²) in [4.78, 5) is 76.3. The molecule has 2 rings (SSSR count). The SMILES string of the molecule is CC(C)C[C@H](NC(=O)[C@@H](NC(=O)[C@@H](N)CCC(=O)O)C(C)C)C(=O)N[C@@H](Cc1ccccc1)[C@@H](O)C(=O)Nc1cccc(C(=O)NS(=O)(=O)C(F)(F)F)c1. The molecule has 5 amide bonds. The molecule has 0 unspecified atom stereocenters. The van der Waals surface area contributed by atoms with Gasteiger partial charge < -0.3 is 37.2 Å². The van der Waals surface area contributed by atoms with Crippen LogP contribution in [0.3, 0.4) is 0 Å². The van der Waals surface area contributed by atoms with Gasteiger partial charge >= 0.3 is 21.5 Å². The minimum Gasteiger partial charge on any atom is -0.481 e. The van der Waals surface area contributed by atoms with Crippen LogP contribution in [0.1, 0.15) is 62.9 Å². The predicted octanol–water partition coefficient (Wildman–Crippen LogP) is 1.16. The van der Waals surface area contributed by atoms with E-state index < -0.39 is 92.8 Å². The van der Waals surface area contributed by atoms with E-state index in [2.05, 4.69) is 21.3 Å². The number of halogens is 3. The molecule has 0 bridgehead atoms. The zero-order valence-electron chi connectivity index (χ0n) is 29.8. The standard InChI is InChI=1S/C34H45F3N6O10S/c1-18(2)15-25(41-32(50)27(19(3)4)42-30(48)23(38)13-14-26(44)45)31(49)40-24(16-20-9-6-5-7-10-20)28(46)33(51)39-22-12-8-11-21(17-22)29(47)43-54(52,53)34(35,36)37/h5-12,17-19,23-25,27-28,46H,13-16,38H2,1-4H3,(H,39,51)(H,40,49)(H,41,50)(H,42,48)(H,43,47)(H,44,45)/t23-,24-,25-,27-,28+/m0/s1. The van der Waals surface area contributed by atoms with Gasteiger partial charge in [-0.25, -0.2) is 4.72 Å². The monoisotopic (exact) mass is 786 g/mol. The number of carbonyl (C=O) groups excluding carboxylic acids is 5. The van der Waals surface area contributed by atoms with Crippen LogP contribution in [0.2, 0.25) is 0 Å². The number of alkyl halides is 3. The molecule has 20 heteroatoms. The number of anilines is 1. The van der Waals surface area contributed by atoms with Crippen LogP contribution in [0.15, 0.2) is 54.6 Å². The van der Waals surface area contributed by atoms with Crippen LogP contribution >= 0.6 is 0 Å². The fraction of sp³-hybridized carbons (Fsp3) is 0.471. The van der Waals surface area contributed by atoms with E-state index in [0.29, 0.717) is 5.56 Å². The van der Waals surface area contributed by atoms with Crippen molar-refractivity contribution < 1.29 is 60.6 Å². The Morgan fingerprint density at radius 3 is 2.02 bits per heavy atom. The van der Waals surface area contributed by atoms with E-state index in [9.17, 15) is 55.5 Å². The Morgan fingerprint density at radius 2 is 1.46 bits per heavy atom. The van der Waals surface area contributed by atoms with Gasteiger partial charge in [0.25, 0.3) is 11.8 Å². The number of carboxylic acids is 1. The summed E-state index contributed by atoms with van der Waals surface area (Å²) in [5.41, 5.74) is -0.177. The first kappa shape index (κ1) is 45.1. The molecule has 0 saturated heterocycles. The van der Waals surface area contributed by atoms with Gasteiger partial charge in [0.1, 0.15) is 12.1 Å². The van der Waals surface area contributed by atoms with Crippen molar-refractivity contribution in [3.8, 4) is 0 Å². The Morgan fingerprint density at radius 1 is 0.833 bits per heavy atom. The zero-order valence-corrected chi connectivity index (χ0v) is 30.7. The number of nitrogens with two attached hydrogens (primary N) is 1. The van der Waals surface area contributed by atoms with Gasteiger partial charge in [-0.1, -0.05) is 64.1 Å². The second kappa shape index (κ2) is 19.8. The fourth-order valence-electron chi connectivity index (χ4n) is 4.94. The van der Waals surface area contributed by atoms with Gasteiger partial charge in [0.2, 0.25) is 17.7 Å². The van der Waals surface area contributed by atoms with E-state index in [4.69, 9.17) is 10.8 Å². The van der Waals surface area contributed by atoms with Gasteiger partial charge in [0.05, 0.1) is 12.1 Å². The fourth-order valence-corrected chi connectivity index (χ4v) is 5.42. The molecule has 0 fully saturated rings. The average Bonchev–Trinajstić information content (AvgIpc) is 3.07. The van der Waals surface area contributed by atoms with Crippen LogP contribution in [-0.4, -0.2) is 89.9 Å². The summed E-state index contributed by atoms with van der Waals surface area (Å²) < 4.78 is 61.9. The Hall–Kier alpha value is -5.08. The van der Waals surface area contributed by atoms with Gasteiger partial charge in [-0.2, -0.15) is 21.6 Å². The summed E-state index contributed by atoms with van der Waals surface area (Å²) in [5, 5.41) is 30.1. The van der Waals surface area contributed by atoms with E-state index in [-0.39, 0.29) is 37.3 Å². The van der Waals surface area contributed by atoms with Crippen molar-refractivity contribution >= 4 is 51.2 Å². The lowest BCUT2D eigenvalue weighted by atomic mass is 9.97. The number of benzene rings is 2. The van der Waals surface area contributed by atoms with E-state index in [1.165, 1.54) is 6.07 Å². The second-order valence-corrected chi connectivity index (χ2v) is 14.8. The molecule has 0 aliphatic carbocycles. The minimum absolute atomic E-state index is 0.0771. The van der Waals surface area contributed by atoms with E-state index in [0.717, 1.165) is 22.9 Å². The van der Waals surface area contributed by atoms with Crippen molar-refractivity contribution in [3.63, 3.8) is 0 Å². The second-order valence-electron chi connectivity index (χ2n) is 13.2. The molecule has 0 saturated carbocycles. The van der Waals surface area contributed by atoms with Gasteiger partial charge in [-0.05, 0) is 54.9 Å². The third-order valence-electron chi connectivity index (χ3n) is 7.79. The molecule has 5 atom stereocenters. The Kier molecular flexibility index (Phi) is 16.6. The molecule has 298 valence electrons. The average molecular weight is 787 g/mol. The number of hydrogen-bond donors (Lipinski definition) is 8. The van der Waals surface area contributed by atoms with Gasteiger partial charge in [-0.15, -0.1) is 0 Å². The molecule has 54 heavy (non-hydrogen) atoms. The third kappa shape index (κ3) is 14.0. The number of rotatable bonds is 19. The van der Waals surface area contributed by atoms with Crippen molar-refractivity contribution in [3.05, 3.63) is 65.7 Å². The molecule has 0 aromatic heterocycles. The molecule has 0 radical (unpaired) electrons. The van der Waals surface area contributed by atoms with Gasteiger partial charge in [-0.3, -0.25) is 28.8 Å². The Labute approximate surface area is 309 Å². The number of amides is 5. The molecule has 0 spiro atoms. The van der Waals surface area contributed by atoms with Gasteiger partial charge in [0, 0.05) is 17.7 Å². The molecule has 0 aliphatic heterocycles. The number of sulfonamides is 1. The van der Waals surface area contributed by atoms with Crippen LogP contribution in [-0.2, 0) is 40.4 Å². The maximum absolute atomic E-state index is 13.8. The number of carbonyl (C=O) groups is 6. The van der Waals surface area contributed by atoms with Crippen LogP contribution in [0, 0.1) is 11.8 Å². The van der Waals surface area contributed by atoms with Crippen molar-refractivity contribution in [2.45, 2.75) is 89.2 Å². The van der Waals surface area contributed by atoms with Crippen molar-refractivity contribution in [1.29, 1.82) is 0 Å². The highest BCUT2D eigenvalue weighted by molar-refractivity contribution is 7.90. The lowest BCUT2D eigenvalue weighted by Gasteiger charge is -2.29. The van der Waals surface area contributed by atoms with Crippen molar-refractivity contribution in [2.75, 3.05) is 5.32 Å². The minimum atomic E-state index is -6.03. The number of nitrogens with one attached hydrogen (secondary N) is 5. The zero-order chi connectivity index (χ0) is 41.0. The summed E-state index contributed by atoms with van der Waals surface area (Å²) in [6.07, 6.45) is -2.59. The molecular weight excluding hydrogens is 741 g/mol. The third-order valence-corrected chi connectivity index (χ3v) is 8.86. The first-order chi connectivity index (χ1) is 25.0. The number of hydrogen-bond acceptors (Lipinski definition) is 10. The van der Waals surface area contributed by atoms with E-state index >= 15 is 0 Å². The van der Waals surface area contributed by atoms with Crippen molar-refractivity contribution in [1.82, 2.24) is 20.7 Å². The van der Waals surface area contributed by atoms with E-state index in [1.807, 2.05) is 0 Å². The first-order valence-corrected chi connectivity index (χ1v) is 18.2. The van der Waals surface area contributed by atoms with Gasteiger partial charge in [0.15, 0.2) is 6.10 Å². The summed E-state index contributed by atoms with van der Waals surface area (Å²) in [5.74, 6) is -6.93. The van der Waals surface area contributed by atoms with Crippen LogP contribution < -0.4 is 31.7 Å². The highest BCUT2D eigenvalue weighted by Crippen LogP contribution is 2.22. The highest BCUT2D eigenvalue weighted by Gasteiger charge is 2.47. The molecule has 16 nitrogen and oxygen atoms in total. The topological polar surface area (TPSA) is 263 Å². The number of aliphatic carboxylic acids is 1. The van der Waals surface area contributed by atoms with Crippen LogP contribution in [0.4, 0.5) is 18.9 Å². The lowest BCUT2D eigenvalue weighted by Crippen LogP contribution is -2.59. The number of aliphatic hydroxyl groups excluding tert-OH is 1. The predicted molar refractivity (Wildman–Crippen MR) is 189 cm³/mol. The molecule has 0 aliphatic rings. The van der Waals surface area contributed by atoms with Crippen LogP contribution in [0.25, 0.3) is 0 Å². The smallest absolute Gasteiger partial charge is 0.481 e. The molecule has 0 heterocycles. The maximum Gasteiger partial charge on any atom is 0.516 e. The first-order valence-electron chi connectivity index (χ1n) is 16.7. The Bertz CT molecular complexity index is 1760. The normalized spacial score (nSPS) is 14.6. The Balaban J connectivity index is 2.31. The number of carboxylic acid groups (broad SMARTS) is 1. The summed E-state index contributed by atoms with van der Waals surface area (Å²) in [7, 11) is -6.03. The van der Waals surface area contributed by atoms with E-state index in [1.54, 1.807) is 58.0 Å². The maximum atomic E-state index is 13.8. The highest BCUT2D eigenvalue weighted by atomic mass is 32.2. The molecule has 2 aromatic rings. The largest absolute Gasteiger partial charge is 0.516 e.